The van der Waals surface area contributed by atoms with Crippen molar-refractivity contribution in [2.45, 2.75) is 6.92 Å². The number of carbonyl (C=O) groups excluding carboxylic acids is 1. The van der Waals surface area contributed by atoms with Gasteiger partial charge in [0.15, 0.2) is 0 Å². The van der Waals surface area contributed by atoms with Crippen molar-refractivity contribution < 1.29 is 9.53 Å². The van der Waals surface area contributed by atoms with Crippen LogP contribution in [0.15, 0.2) is 18.6 Å². The van der Waals surface area contributed by atoms with Crippen molar-refractivity contribution in [3.63, 3.8) is 0 Å². The van der Waals surface area contributed by atoms with Gasteiger partial charge in [0, 0.05) is 30.9 Å². The fraction of sp³-hybridized carbons (Fsp3) is 0.294. The number of primary amides is 1. The molecule has 2 aromatic rings. The largest absolute Gasteiger partial charge is 0.378 e. The number of carbonyl (C=O) groups is 1. The van der Waals surface area contributed by atoms with Crippen molar-refractivity contribution in [3.8, 4) is 11.8 Å². The lowest BCUT2D eigenvalue weighted by Gasteiger charge is -2.28. The van der Waals surface area contributed by atoms with E-state index in [1.165, 1.54) is 6.20 Å². The molecule has 24 heavy (non-hydrogen) atoms. The van der Waals surface area contributed by atoms with Crippen LogP contribution in [0.25, 0.3) is 0 Å². The number of amides is 1. The van der Waals surface area contributed by atoms with Crippen LogP contribution in [0, 0.1) is 24.8 Å². The maximum absolute atomic E-state index is 11.0. The zero-order valence-electron chi connectivity index (χ0n) is 13.2. The quantitative estimate of drug-likeness (QED) is 0.800. The lowest BCUT2D eigenvalue weighted by molar-refractivity contribution is 0.0995. The highest BCUT2D eigenvalue weighted by atomic mass is 16.5. The standard InChI is InChI=1S/C17H16N5O2/c1-12-14(4-2-13-3-5-15(16(18)23)19-10-13)17(21-11-20-12)22-6-8-24-9-7-22/h3,10-11H,6-9H2,1H3,(H2,18,23). The van der Waals surface area contributed by atoms with E-state index >= 15 is 0 Å². The highest BCUT2D eigenvalue weighted by molar-refractivity contribution is 5.90. The number of aryl methyl sites for hydroxylation is 1. The molecule has 3 heterocycles. The van der Waals surface area contributed by atoms with Gasteiger partial charge in [-0.25, -0.2) is 15.0 Å². The van der Waals surface area contributed by atoms with E-state index in [1.54, 1.807) is 12.4 Å². The van der Waals surface area contributed by atoms with E-state index in [-0.39, 0.29) is 5.69 Å². The van der Waals surface area contributed by atoms with Crippen LogP contribution in [0.3, 0.4) is 0 Å². The number of hydrogen-bond donors (Lipinski definition) is 1. The zero-order valence-corrected chi connectivity index (χ0v) is 13.2. The summed E-state index contributed by atoms with van der Waals surface area (Å²) in [5.74, 6) is 6.32. The number of anilines is 1. The van der Waals surface area contributed by atoms with Crippen molar-refractivity contribution in [2.75, 3.05) is 31.2 Å². The SMILES string of the molecule is Cc1ncnc(N2CCOCC2)c1C#Cc1c[c]c(C(N)=O)nc1. The van der Waals surface area contributed by atoms with Gasteiger partial charge in [-0.1, -0.05) is 11.8 Å². The second kappa shape index (κ2) is 7.06. The van der Waals surface area contributed by atoms with Crippen LogP contribution in [0.1, 0.15) is 27.3 Å². The molecule has 7 nitrogen and oxygen atoms in total. The average Bonchev–Trinajstić information content (AvgIpc) is 2.61. The summed E-state index contributed by atoms with van der Waals surface area (Å²) in [4.78, 5) is 25.7. The molecular weight excluding hydrogens is 306 g/mol. The molecule has 0 unspecified atom stereocenters. The molecule has 1 fully saturated rings. The molecule has 0 aromatic carbocycles. The van der Waals surface area contributed by atoms with E-state index in [9.17, 15) is 4.79 Å². The number of ether oxygens (including phenoxy) is 1. The van der Waals surface area contributed by atoms with E-state index in [1.807, 2.05) is 6.92 Å². The Morgan fingerprint density at radius 3 is 2.75 bits per heavy atom. The maximum atomic E-state index is 11.0. The van der Waals surface area contributed by atoms with E-state index < -0.39 is 5.91 Å². The van der Waals surface area contributed by atoms with Gasteiger partial charge in [-0.15, -0.1) is 0 Å². The third kappa shape index (κ3) is 3.50. The lowest BCUT2D eigenvalue weighted by Crippen LogP contribution is -2.37. The summed E-state index contributed by atoms with van der Waals surface area (Å²) >= 11 is 0. The number of hydrogen-bond acceptors (Lipinski definition) is 6. The Morgan fingerprint density at radius 2 is 2.08 bits per heavy atom. The first-order valence-electron chi connectivity index (χ1n) is 7.49. The smallest absolute Gasteiger partial charge is 0.267 e. The van der Waals surface area contributed by atoms with Crippen LogP contribution in [0.5, 0.6) is 0 Å². The van der Waals surface area contributed by atoms with Gasteiger partial charge in [0.2, 0.25) is 0 Å². The van der Waals surface area contributed by atoms with E-state index in [4.69, 9.17) is 10.5 Å². The topological polar surface area (TPSA) is 94.2 Å². The second-order valence-electron chi connectivity index (χ2n) is 5.22. The predicted molar refractivity (Wildman–Crippen MR) is 87.4 cm³/mol. The summed E-state index contributed by atoms with van der Waals surface area (Å²) < 4.78 is 5.38. The van der Waals surface area contributed by atoms with Crippen molar-refractivity contribution in [3.05, 3.63) is 47.2 Å². The molecule has 1 aliphatic rings. The van der Waals surface area contributed by atoms with Crippen LogP contribution in [0.2, 0.25) is 0 Å². The van der Waals surface area contributed by atoms with Crippen LogP contribution in [-0.2, 0) is 4.74 Å². The normalized spacial score (nSPS) is 14.0. The Morgan fingerprint density at radius 1 is 1.29 bits per heavy atom. The molecule has 7 heteroatoms. The van der Waals surface area contributed by atoms with Gasteiger partial charge >= 0.3 is 0 Å². The summed E-state index contributed by atoms with van der Waals surface area (Å²) in [7, 11) is 0. The fourth-order valence-corrected chi connectivity index (χ4v) is 2.31. The molecule has 1 aliphatic heterocycles. The molecule has 2 N–H and O–H groups in total. The third-order valence-electron chi connectivity index (χ3n) is 3.59. The molecule has 2 aromatic heterocycles. The average molecular weight is 322 g/mol. The summed E-state index contributed by atoms with van der Waals surface area (Å²) in [6.45, 7) is 4.78. The van der Waals surface area contributed by atoms with Crippen molar-refractivity contribution in [1.29, 1.82) is 0 Å². The van der Waals surface area contributed by atoms with Gasteiger partial charge in [-0.05, 0) is 13.0 Å². The molecule has 1 saturated heterocycles. The third-order valence-corrected chi connectivity index (χ3v) is 3.59. The van der Waals surface area contributed by atoms with Crippen LogP contribution in [0.4, 0.5) is 5.82 Å². The molecule has 3 rings (SSSR count). The summed E-state index contributed by atoms with van der Waals surface area (Å²) in [6.07, 6.45) is 3.04. The second-order valence-corrected chi connectivity index (χ2v) is 5.22. The minimum Gasteiger partial charge on any atom is -0.378 e. The van der Waals surface area contributed by atoms with Gasteiger partial charge in [-0.3, -0.25) is 4.79 Å². The fourth-order valence-electron chi connectivity index (χ4n) is 2.31. The van der Waals surface area contributed by atoms with Gasteiger partial charge in [-0.2, -0.15) is 0 Å². The molecule has 0 saturated carbocycles. The van der Waals surface area contributed by atoms with Gasteiger partial charge in [0.05, 0.1) is 24.5 Å². The Balaban J connectivity index is 1.91. The summed E-state index contributed by atoms with van der Waals surface area (Å²) in [5.41, 5.74) is 7.46. The highest BCUT2D eigenvalue weighted by Gasteiger charge is 2.17. The molecule has 1 amide bonds. The zero-order chi connectivity index (χ0) is 16.9. The Hall–Kier alpha value is -2.98. The molecule has 121 valence electrons. The van der Waals surface area contributed by atoms with E-state index in [2.05, 4.69) is 37.8 Å². The first-order valence-corrected chi connectivity index (χ1v) is 7.49. The number of nitrogens with two attached hydrogens (primary N) is 1. The summed E-state index contributed by atoms with van der Waals surface area (Å²) in [6, 6.07) is 4.31. The predicted octanol–water partition coefficient (Wildman–Crippen LogP) is 0.316. The molecule has 0 bridgehead atoms. The molecule has 0 atom stereocenters. The minimum atomic E-state index is -0.614. The van der Waals surface area contributed by atoms with E-state index in [0.29, 0.717) is 18.8 Å². The summed E-state index contributed by atoms with van der Waals surface area (Å²) in [5, 5.41) is 0. The Labute approximate surface area is 139 Å². The number of pyridine rings is 1. The van der Waals surface area contributed by atoms with Crippen molar-refractivity contribution >= 4 is 11.7 Å². The first-order chi connectivity index (χ1) is 11.6. The van der Waals surface area contributed by atoms with Gasteiger partial charge in [0.25, 0.3) is 5.91 Å². The van der Waals surface area contributed by atoms with Crippen LogP contribution in [-0.4, -0.2) is 47.2 Å². The number of nitrogens with zero attached hydrogens (tertiary/aromatic N) is 4. The molecule has 1 radical (unpaired) electrons. The van der Waals surface area contributed by atoms with Crippen molar-refractivity contribution in [2.24, 2.45) is 5.73 Å². The minimum absolute atomic E-state index is 0.0915. The maximum Gasteiger partial charge on any atom is 0.267 e. The molecule has 0 spiro atoms. The Bertz CT molecular complexity index is 802. The lowest BCUT2D eigenvalue weighted by atomic mass is 10.1. The van der Waals surface area contributed by atoms with Crippen LogP contribution >= 0.6 is 0 Å². The van der Waals surface area contributed by atoms with Gasteiger partial charge < -0.3 is 15.4 Å². The molecule has 0 aliphatic carbocycles. The van der Waals surface area contributed by atoms with Crippen LogP contribution < -0.4 is 10.6 Å². The van der Waals surface area contributed by atoms with Crippen molar-refractivity contribution in [1.82, 2.24) is 15.0 Å². The number of aromatic nitrogens is 3. The van der Waals surface area contributed by atoms with Gasteiger partial charge in [0.1, 0.15) is 17.8 Å². The number of morpholine rings is 1. The van der Waals surface area contributed by atoms with E-state index in [0.717, 1.165) is 30.2 Å². The monoisotopic (exact) mass is 322 g/mol. The highest BCUT2D eigenvalue weighted by Crippen LogP contribution is 2.19. The first kappa shape index (κ1) is 15.9. The number of rotatable bonds is 2. The Kier molecular flexibility index (Phi) is 4.68. The molecular formula is C17H16N5O2.